The highest BCUT2D eigenvalue weighted by Gasteiger charge is 2.26. The van der Waals surface area contributed by atoms with Gasteiger partial charge >= 0.3 is 0 Å². The Hall–Kier alpha value is -3.62. The molecular weight excluding hydrogens is 667 g/mol. The Labute approximate surface area is 311 Å². The normalized spacial score (nSPS) is 16.9. The highest BCUT2D eigenvalue weighted by molar-refractivity contribution is 5.86. The van der Waals surface area contributed by atoms with E-state index in [9.17, 15) is 10.2 Å². The molecule has 0 unspecified atom stereocenters. The van der Waals surface area contributed by atoms with Crippen LogP contribution in [-0.2, 0) is 37.0 Å². The third-order valence-corrected chi connectivity index (χ3v) is 9.47. The molecule has 2 aromatic heterocycles. The molecule has 4 aromatic rings. The first kappa shape index (κ1) is 40.8. The standard InChI is InChI=1S/C40H54N6O2.2ClH/c1-9-43-15-17-45(27-43)25-29-19-31(37(47)33(21-29)39(3,4)5)23-41-35-13-11-12-14-36(35)42-24-32-20-30(22-34(38(32)48)40(6,7)8)26-46-18-16-44(10-2)28-46;;/h15-24,27-28,35-36H,9-14,25-26H2,1-8H3;2*1H/t35-,36-;;/m1../s1. The van der Waals surface area contributed by atoms with E-state index >= 15 is 0 Å². The van der Waals surface area contributed by atoms with Crippen LogP contribution in [0.15, 0.2) is 71.7 Å². The first-order valence-corrected chi connectivity index (χ1v) is 17.6. The van der Waals surface area contributed by atoms with Crippen LogP contribution in [0.5, 0.6) is 11.5 Å². The van der Waals surface area contributed by atoms with Gasteiger partial charge in [-0.2, -0.15) is 0 Å². The van der Waals surface area contributed by atoms with Crippen LogP contribution in [0.2, 0.25) is 0 Å². The van der Waals surface area contributed by atoms with Gasteiger partial charge in [0.15, 0.2) is 0 Å². The lowest BCUT2D eigenvalue weighted by molar-refractivity contribution is -0.688. The van der Waals surface area contributed by atoms with Gasteiger partial charge in [0.05, 0.1) is 25.2 Å². The van der Waals surface area contributed by atoms with Gasteiger partial charge in [0.1, 0.15) is 49.4 Å². The van der Waals surface area contributed by atoms with Gasteiger partial charge in [-0.05, 0) is 72.9 Å². The summed E-state index contributed by atoms with van der Waals surface area (Å²) >= 11 is 0. The number of halogens is 2. The number of rotatable bonds is 10. The number of benzene rings is 2. The molecule has 1 fully saturated rings. The summed E-state index contributed by atoms with van der Waals surface area (Å²) in [5, 5.41) is 22.8. The number of hydrogen-bond acceptors (Lipinski definition) is 4. The maximum Gasteiger partial charge on any atom is 0.244 e. The molecule has 8 nitrogen and oxygen atoms in total. The summed E-state index contributed by atoms with van der Waals surface area (Å²) in [6.45, 7) is 20.4. The topological polar surface area (TPSA) is 82.8 Å². The number of nitrogens with zero attached hydrogens (tertiary/aromatic N) is 6. The molecule has 272 valence electrons. The van der Waals surface area contributed by atoms with Crippen molar-refractivity contribution < 1.29 is 44.2 Å². The van der Waals surface area contributed by atoms with Crippen molar-refractivity contribution in [3.8, 4) is 11.5 Å². The lowest BCUT2D eigenvalue weighted by atomic mass is 9.84. The van der Waals surface area contributed by atoms with E-state index < -0.39 is 0 Å². The second kappa shape index (κ2) is 17.1. The van der Waals surface area contributed by atoms with Crippen LogP contribution < -0.4 is 33.9 Å². The highest BCUT2D eigenvalue weighted by atomic mass is 35.5. The second-order valence-electron chi connectivity index (χ2n) is 15.5. The van der Waals surface area contributed by atoms with E-state index in [2.05, 4.69) is 135 Å². The first-order chi connectivity index (χ1) is 22.7. The fourth-order valence-corrected chi connectivity index (χ4v) is 6.61. The predicted octanol–water partition coefficient (Wildman–Crippen LogP) is 0.864. The minimum atomic E-state index is -0.221. The summed E-state index contributed by atoms with van der Waals surface area (Å²) in [5.41, 5.74) is 5.15. The van der Waals surface area contributed by atoms with Gasteiger partial charge in [-0.1, -0.05) is 54.4 Å². The molecule has 10 heteroatoms. The number of aliphatic imine (C=N–C) groups is 2. The molecule has 0 saturated heterocycles. The van der Waals surface area contributed by atoms with Crippen LogP contribution in [0.25, 0.3) is 0 Å². The molecule has 2 N–H and O–H groups in total. The molecule has 5 rings (SSSR count). The summed E-state index contributed by atoms with van der Waals surface area (Å²) in [5.74, 6) is 0.594. The Bertz CT molecular complexity index is 1650. The van der Waals surface area contributed by atoms with Crippen molar-refractivity contribution in [3.05, 3.63) is 95.1 Å². The van der Waals surface area contributed by atoms with E-state index in [1.807, 2.05) is 12.4 Å². The number of aryl methyl sites for hydroxylation is 2. The molecule has 2 heterocycles. The average molecular weight is 724 g/mol. The lowest BCUT2D eigenvalue weighted by Crippen LogP contribution is -3.00. The van der Waals surface area contributed by atoms with Crippen LogP contribution >= 0.6 is 0 Å². The van der Waals surface area contributed by atoms with Crippen molar-refractivity contribution in [2.75, 3.05) is 0 Å². The van der Waals surface area contributed by atoms with Gasteiger partial charge in [-0.15, -0.1) is 0 Å². The van der Waals surface area contributed by atoms with E-state index in [1.54, 1.807) is 0 Å². The van der Waals surface area contributed by atoms with Gasteiger partial charge < -0.3 is 35.0 Å². The minimum absolute atomic E-state index is 0. The smallest absolute Gasteiger partial charge is 0.244 e. The van der Waals surface area contributed by atoms with Crippen LogP contribution in [-0.4, -0.2) is 43.9 Å². The first-order valence-electron chi connectivity index (χ1n) is 17.6. The van der Waals surface area contributed by atoms with E-state index in [1.165, 1.54) is 0 Å². The molecule has 0 bridgehead atoms. The Morgan fingerprint density at radius 3 is 1.38 bits per heavy atom. The van der Waals surface area contributed by atoms with Crippen LogP contribution in [0.4, 0.5) is 0 Å². The number of hydrogen-bond donors (Lipinski definition) is 2. The van der Waals surface area contributed by atoms with Crippen molar-refractivity contribution in [2.24, 2.45) is 9.98 Å². The van der Waals surface area contributed by atoms with Gasteiger partial charge in [-0.25, -0.2) is 18.3 Å². The van der Waals surface area contributed by atoms with Gasteiger partial charge in [0, 0.05) is 34.7 Å². The number of aromatic hydroxyl groups is 2. The monoisotopic (exact) mass is 722 g/mol. The Morgan fingerprint density at radius 2 is 1.06 bits per heavy atom. The quantitative estimate of drug-likeness (QED) is 0.188. The van der Waals surface area contributed by atoms with E-state index in [0.29, 0.717) is 11.5 Å². The van der Waals surface area contributed by atoms with Gasteiger partial charge in [-0.3, -0.25) is 9.98 Å². The van der Waals surface area contributed by atoms with Crippen molar-refractivity contribution in [1.82, 2.24) is 9.13 Å². The zero-order chi connectivity index (χ0) is 34.6. The maximum atomic E-state index is 11.4. The largest absolute Gasteiger partial charge is 1.00 e. The summed E-state index contributed by atoms with van der Waals surface area (Å²) in [4.78, 5) is 10.2. The van der Waals surface area contributed by atoms with E-state index in [0.717, 1.165) is 85.2 Å². The molecule has 1 saturated carbocycles. The Kier molecular flexibility index (Phi) is 13.9. The molecule has 2 atom stereocenters. The average Bonchev–Trinajstić information content (AvgIpc) is 3.69. The van der Waals surface area contributed by atoms with Crippen molar-refractivity contribution in [1.29, 1.82) is 0 Å². The summed E-state index contributed by atoms with van der Waals surface area (Å²) in [6, 6.07) is 8.38. The molecule has 2 aromatic carbocycles. The fourth-order valence-electron chi connectivity index (χ4n) is 6.61. The molecule has 0 spiro atoms. The second-order valence-corrected chi connectivity index (χ2v) is 15.5. The van der Waals surface area contributed by atoms with Crippen molar-refractivity contribution in [2.45, 2.75) is 130 Å². The number of phenolic OH excluding ortho intramolecular Hbond substituents is 2. The van der Waals surface area contributed by atoms with E-state index in [-0.39, 0.29) is 47.7 Å². The summed E-state index contributed by atoms with van der Waals surface area (Å²) in [6.07, 6.45) is 20.4. The molecule has 1 aliphatic carbocycles. The molecular formula is C40H56Cl2N6O2. The fraction of sp³-hybridized carbons (Fsp3) is 0.500. The predicted molar refractivity (Wildman–Crippen MR) is 194 cm³/mol. The Balaban J connectivity index is 0.00000338. The molecule has 0 radical (unpaired) electrons. The zero-order valence-corrected chi connectivity index (χ0v) is 32.6. The maximum absolute atomic E-state index is 11.4. The molecule has 0 amide bonds. The lowest BCUT2D eigenvalue weighted by Gasteiger charge is -2.26. The molecule has 0 aliphatic heterocycles. The third kappa shape index (κ3) is 10.0. The van der Waals surface area contributed by atoms with Crippen molar-refractivity contribution in [3.63, 3.8) is 0 Å². The van der Waals surface area contributed by atoms with Crippen molar-refractivity contribution >= 4 is 12.4 Å². The zero-order valence-electron chi connectivity index (χ0n) is 31.1. The van der Waals surface area contributed by atoms with Gasteiger partial charge in [0.2, 0.25) is 12.7 Å². The highest BCUT2D eigenvalue weighted by Crippen LogP contribution is 2.36. The summed E-state index contributed by atoms with van der Waals surface area (Å²) in [7, 11) is 0. The summed E-state index contributed by atoms with van der Waals surface area (Å²) < 4.78 is 8.65. The number of phenols is 2. The van der Waals surface area contributed by atoms with E-state index in [4.69, 9.17) is 9.98 Å². The SMILES string of the molecule is CCn1cc[n+](Cc2cc(C=N[C@@H]3CCCC[C@H]3N=Cc3cc(C[n+]4ccn(CC)c4)cc(C(C)(C)C)c3O)c(O)c(C(C)(C)C)c2)c1.[Cl-].[Cl-]. The van der Waals surface area contributed by atoms with Crippen LogP contribution in [0.3, 0.4) is 0 Å². The minimum Gasteiger partial charge on any atom is -1.00 e. The number of aromatic nitrogens is 4. The third-order valence-electron chi connectivity index (χ3n) is 9.47. The van der Waals surface area contributed by atoms with Gasteiger partial charge in [0.25, 0.3) is 0 Å². The Morgan fingerprint density at radius 1 is 0.680 bits per heavy atom. The molecule has 50 heavy (non-hydrogen) atoms. The van der Waals surface area contributed by atoms with Crippen LogP contribution in [0, 0.1) is 0 Å². The number of imidazole rings is 2. The molecule has 1 aliphatic rings. The van der Waals surface area contributed by atoms with Crippen LogP contribution in [0.1, 0.15) is 114 Å².